The molecule has 1 aromatic rings. The van der Waals surface area contributed by atoms with Gasteiger partial charge in [0.1, 0.15) is 29.3 Å². The molecule has 0 unspecified atom stereocenters. The summed E-state index contributed by atoms with van der Waals surface area (Å²) in [6, 6.07) is 2.82. The SMILES string of the molecule is CC(=O)NCCCOc1ccc(O)c2c1/C=C/C[C@H](O)[C@H](O)C(=O)/C=C\[C@@H](C)[C@H](C)OC2=O. The maximum absolute atomic E-state index is 12.9. The number of fused-ring (bicyclic) bond motifs is 1. The highest BCUT2D eigenvalue weighted by molar-refractivity contribution is 5.98. The summed E-state index contributed by atoms with van der Waals surface area (Å²) >= 11 is 0. The van der Waals surface area contributed by atoms with Crippen LogP contribution in [0.25, 0.3) is 6.08 Å². The predicted molar refractivity (Wildman–Crippen MR) is 121 cm³/mol. The van der Waals surface area contributed by atoms with Crippen LogP contribution < -0.4 is 10.1 Å². The average molecular weight is 462 g/mol. The molecule has 0 aromatic heterocycles. The van der Waals surface area contributed by atoms with Crippen LogP contribution in [0.4, 0.5) is 0 Å². The van der Waals surface area contributed by atoms with Crippen LogP contribution in [0.2, 0.25) is 0 Å². The summed E-state index contributed by atoms with van der Waals surface area (Å²) < 4.78 is 11.3. The molecule has 0 saturated carbocycles. The van der Waals surface area contributed by atoms with Gasteiger partial charge in [0.05, 0.1) is 12.7 Å². The third-order valence-corrected chi connectivity index (χ3v) is 5.26. The molecule has 1 aliphatic rings. The molecule has 1 heterocycles. The van der Waals surface area contributed by atoms with E-state index < -0.39 is 30.1 Å². The second kappa shape index (κ2) is 12.2. The number of aliphatic hydroxyl groups excluding tert-OH is 2. The lowest BCUT2D eigenvalue weighted by Gasteiger charge is -2.21. The Bertz CT molecular complexity index is 923. The number of hydrogen-bond donors (Lipinski definition) is 4. The average Bonchev–Trinajstić information content (AvgIpc) is 2.76. The van der Waals surface area contributed by atoms with Gasteiger partial charge in [0.25, 0.3) is 0 Å². The van der Waals surface area contributed by atoms with Crippen molar-refractivity contribution in [1.29, 1.82) is 0 Å². The highest BCUT2D eigenvalue weighted by Gasteiger charge is 2.26. The van der Waals surface area contributed by atoms with E-state index in [-0.39, 0.29) is 47.5 Å². The topological polar surface area (TPSA) is 142 Å². The van der Waals surface area contributed by atoms with Gasteiger partial charge >= 0.3 is 5.97 Å². The number of aromatic hydroxyl groups is 1. The predicted octanol–water partition coefficient (Wildman–Crippen LogP) is 1.74. The zero-order valence-electron chi connectivity index (χ0n) is 19.0. The third-order valence-electron chi connectivity index (χ3n) is 5.26. The number of benzene rings is 1. The summed E-state index contributed by atoms with van der Waals surface area (Å²) in [4.78, 5) is 36.0. The van der Waals surface area contributed by atoms with Crippen LogP contribution in [0.5, 0.6) is 11.5 Å². The Labute approximate surface area is 192 Å². The first-order valence-corrected chi connectivity index (χ1v) is 10.8. The molecular formula is C24H31NO8. The first kappa shape index (κ1) is 26.1. The number of carbonyl (C=O) groups excluding carboxylic acids is 3. The number of aliphatic hydroxyl groups is 2. The molecule has 4 atom stereocenters. The molecule has 9 heteroatoms. The van der Waals surface area contributed by atoms with Crippen molar-refractivity contribution in [2.24, 2.45) is 5.92 Å². The lowest BCUT2D eigenvalue weighted by Crippen LogP contribution is -2.32. The van der Waals surface area contributed by atoms with Gasteiger partial charge in [-0.3, -0.25) is 9.59 Å². The quantitative estimate of drug-likeness (QED) is 0.384. The van der Waals surface area contributed by atoms with E-state index in [1.54, 1.807) is 13.8 Å². The zero-order chi connectivity index (χ0) is 24.5. The number of cyclic esters (lactones) is 1. The minimum Gasteiger partial charge on any atom is -0.507 e. The molecule has 0 fully saturated rings. The van der Waals surface area contributed by atoms with Crippen molar-refractivity contribution in [2.75, 3.05) is 13.2 Å². The van der Waals surface area contributed by atoms with E-state index in [2.05, 4.69) is 5.32 Å². The van der Waals surface area contributed by atoms with Crippen LogP contribution in [-0.2, 0) is 14.3 Å². The lowest BCUT2D eigenvalue weighted by atomic mass is 9.99. The normalized spacial score (nSPS) is 25.8. The molecule has 33 heavy (non-hydrogen) atoms. The Morgan fingerprint density at radius 3 is 2.64 bits per heavy atom. The van der Waals surface area contributed by atoms with Crippen molar-refractivity contribution in [1.82, 2.24) is 5.32 Å². The van der Waals surface area contributed by atoms with Crippen molar-refractivity contribution in [3.8, 4) is 11.5 Å². The van der Waals surface area contributed by atoms with E-state index in [1.165, 1.54) is 37.3 Å². The molecule has 1 aromatic carbocycles. The number of ketones is 1. The number of ether oxygens (including phenoxy) is 2. The molecular weight excluding hydrogens is 430 g/mol. The standard InChI is InChI=1S/C24H31NO8/c1-14-8-9-20(29)23(30)19(28)7-4-6-17-21(32-13-5-12-25-16(3)26)11-10-18(27)22(17)24(31)33-15(14)2/h4,6,8-11,14-15,19,23,27-28,30H,5,7,12-13H2,1-3H3,(H,25,26)/b6-4+,9-8-/t14-,15+,19+,23+/m1/s1. The summed E-state index contributed by atoms with van der Waals surface area (Å²) in [6.07, 6.45) is 2.41. The molecule has 0 bridgehead atoms. The molecule has 0 spiro atoms. The van der Waals surface area contributed by atoms with Gasteiger partial charge in [0, 0.05) is 24.9 Å². The first-order chi connectivity index (χ1) is 15.6. The van der Waals surface area contributed by atoms with E-state index >= 15 is 0 Å². The van der Waals surface area contributed by atoms with Gasteiger partial charge in [-0.25, -0.2) is 4.79 Å². The van der Waals surface area contributed by atoms with Crippen LogP contribution in [0, 0.1) is 5.92 Å². The molecule has 1 aliphatic heterocycles. The number of phenolic OH excluding ortho intramolecular Hbond substituents is 1. The summed E-state index contributed by atoms with van der Waals surface area (Å²) in [5.74, 6) is -1.97. The van der Waals surface area contributed by atoms with Crippen LogP contribution in [0.1, 0.15) is 49.5 Å². The lowest BCUT2D eigenvalue weighted by molar-refractivity contribution is -0.127. The van der Waals surface area contributed by atoms with Gasteiger partial charge in [-0.1, -0.05) is 25.2 Å². The fourth-order valence-electron chi connectivity index (χ4n) is 3.09. The number of phenols is 1. The maximum Gasteiger partial charge on any atom is 0.342 e. The van der Waals surface area contributed by atoms with Gasteiger partial charge in [-0.05, 0) is 38.0 Å². The van der Waals surface area contributed by atoms with Gasteiger partial charge in [0.2, 0.25) is 5.91 Å². The molecule has 4 N–H and O–H groups in total. The van der Waals surface area contributed by atoms with E-state index in [1.807, 2.05) is 0 Å². The van der Waals surface area contributed by atoms with E-state index in [4.69, 9.17) is 9.47 Å². The van der Waals surface area contributed by atoms with Gasteiger partial charge < -0.3 is 30.1 Å². The number of carbonyl (C=O) groups is 3. The van der Waals surface area contributed by atoms with Crippen molar-refractivity contribution >= 4 is 23.7 Å². The highest BCUT2D eigenvalue weighted by atomic mass is 16.5. The van der Waals surface area contributed by atoms with Crippen LogP contribution in [0.3, 0.4) is 0 Å². The second-order valence-corrected chi connectivity index (χ2v) is 7.94. The zero-order valence-corrected chi connectivity index (χ0v) is 19.0. The number of rotatable bonds is 5. The molecule has 0 aliphatic carbocycles. The number of amides is 1. The molecule has 9 nitrogen and oxygen atoms in total. The van der Waals surface area contributed by atoms with E-state index in [0.29, 0.717) is 13.0 Å². The second-order valence-electron chi connectivity index (χ2n) is 7.94. The smallest absolute Gasteiger partial charge is 0.342 e. The Balaban J connectivity index is 2.39. The summed E-state index contributed by atoms with van der Waals surface area (Å²) in [5.41, 5.74) is 0.136. The van der Waals surface area contributed by atoms with Crippen molar-refractivity contribution in [3.05, 3.63) is 41.5 Å². The minimum absolute atomic E-state index is 0.0845. The van der Waals surface area contributed by atoms with E-state index in [0.717, 1.165) is 6.08 Å². The fraction of sp³-hybridized carbons (Fsp3) is 0.458. The Hall–Kier alpha value is -3.17. The monoisotopic (exact) mass is 461 g/mol. The number of esters is 1. The molecule has 0 saturated heterocycles. The Kier molecular flexibility index (Phi) is 9.62. The molecule has 0 radical (unpaired) electrons. The number of nitrogens with one attached hydrogen (secondary N) is 1. The van der Waals surface area contributed by atoms with Crippen LogP contribution in [0.15, 0.2) is 30.4 Å². The van der Waals surface area contributed by atoms with Crippen molar-refractivity contribution in [3.63, 3.8) is 0 Å². The summed E-state index contributed by atoms with van der Waals surface area (Å²) in [7, 11) is 0. The maximum atomic E-state index is 12.9. The van der Waals surface area contributed by atoms with Crippen molar-refractivity contribution in [2.45, 2.75) is 51.9 Å². The molecule has 180 valence electrons. The van der Waals surface area contributed by atoms with E-state index in [9.17, 15) is 29.7 Å². The summed E-state index contributed by atoms with van der Waals surface area (Å²) in [6.45, 7) is 5.43. The van der Waals surface area contributed by atoms with Gasteiger partial charge in [-0.15, -0.1) is 0 Å². The largest absolute Gasteiger partial charge is 0.507 e. The van der Waals surface area contributed by atoms with Crippen LogP contribution >= 0.6 is 0 Å². The van der Waals surface area contributed by atoms with Crippen LogP contribution in [-0.4, -0.2) is 64.4 Å². The summed E-state index contributed by atoms with van der Waals surface area (Å²) in [5, 5.41) is 33.3. The fourth-order valence-corrected chi connectivity index (χ4v) is 3.09. The van der Waals surface area contributed by atoms with Gasteiger partial charge in [0.15, 0.2) is 5.78 Å². The Morgan fingerprint density at radius 1 is 1.21 bits per heavy atom. The third kappa shape index (κ3) is 7.44. The molecule has 1 amide bonds. The molecule has 2 rings (SSSR count). The minimum atomic E-state index is -1.60. The highest BCUT2D eigenvalue weighted by Crippen LogP contribution is 2.33. The first-order valence-electron chi connectivity index (χ1n) is 10.8. The Morgan fingerprint density at radius 2 is 1.94 bits per heavy atom. The number of hydrogen-bond acceptors (Lipinski definition) is 8. The van der Waals surface area contributed by atoms with Crippen molar-refractivity contribution < 1.29 is 39.2 Å². The van der Waals surface area contributed by atoms with Gasteiger partial charge in [-0.2, -0.15) is 0 Å².